The molecule has 1 aliphatic carbocycles. The molecule has 0 radical (unpaired) electrons. The molecule has 1 saturated carbocycles. The summed E-state index contributed by atoms with van der Waals surface area (Å²) in [5, 5.41) is 6.61. The Morgan fingerprint density at radius 2 is 2.38 bits per heavy atom. The van der Waals surface area contributed by atoms with E-state index in [-0.39, 0.29) is 18.0 Å². The van der Waals surface area contributed by atoms with Crippen molar-refractivity contribution in [2.75, 3.05) is 0 Å². The molecular formula is C8H12N4O. The third kappa shape index (κ3) is 1.47. The van der Waals surface area contributed by atoms with Gasteiger partial charge in [0.2, 0.25) is 5.91 Å². The number of rotatable bonds is 1. The zero-order valence-electron chi connectivity index (χ0n) is 7.31. The van der Waals surface area contributed by atoms with Crippen molar-refractivity contribution in [3.05, 3.63) is 10.4 Å². The Bertz CT molecular complexity index is 271. The van der Waals surface area contributed by atoms with Gasteiger partial charge in [-0.15, -0.1) is 0 Å². The minimum atomic E-state index is -0.0183. The van der Waals surface area contributed by atoms with E-state index in [4.69, 9.17) is 5.53 Å². The zero-order valence-corrected chi connectivity index (χ0v) is 7.31. The molecule has 3 atom stereocenters. The largest absolute Gasteiger partial charge is 0.353 e. The van der Waals surface area contributed by atoms with Crippen molar-refractivity contribution in [3.63, 3.8) is 0 Å². The van der Waals surface area contributed by atoms with Crippen LogP contribution in [0.3, 0.4) is 0 Å². The molecule has 1 saturated heterocycles. The van der Waals surface area contributed by atoms with E-state index in [1.807, 2.05) is 0 Å². The third-order valence-corrected chi connectivity index (χ3v) is 2.97. The van der Waals surface area contributed by atoms with E-state index in [0.29, 0.717) is 12.3 Å². The van der Waals surface area contributed by atoms with Gasteiger partial charge < -0.3 is 5.32 Å². The Kier molecular flexibility index (Phi) is 2.10. The SMILES string of the molecule is [N-]=[N+]=N[C@H]1CCC[C@@H]2CC(=O)N[C@@H]21. The van der Waals surface area contributed by atoms with E-state index in [1.54, 1.807) is 0 Å². The molecule has 1 N–H and O–H groups in total. The number of carbonyl (C=O) groups is 1. The predicted octanol–water partition coefficient (Wildman–Crippen LogP) is 1.35. The molecule has 0 aromatic carbocycles. The summed E-state index contributed by atoms with van der Waals surface area (Å²) < 4.78 is 0. The molecule has 0 spiro atoms. The van der Waals surface area contributed by atoms with Gasteiger partial charge in [-0.25, -0.2) is 0 Å². The second-order valence-electron chi connectivity index (χ2n) is 3.76. The van der Waals surface area contributed by atoms with E-state index in [0.717, 1.165) is 19.3 Å². The zero-order chi connectivity index (χ0) is 9.26. The van der Waals surface area contributed by atoms with Gasteiger partial charge >= 0.3 is 0 Å². The van der Waals surface area contributed by atoms with Crippen molar-refractivity contribution in [3.8, 4) is 0 Å². The Labute approximate surface area is 76.1 Å². The highest BCUT2D eigenvalue weighted by Crippen LogP contribution is 2.32. The monoisotopic (exact) mass is 180 g/mol. The van der Waals surface area contributed by atoms with Crippen LogP contribution in [0.4, 0.5) is 0 Å². The van der Waals surface area contributed by atoms with Gasteiger partial charge in [0.1, 0.15) is 0 Å². The maximum absolute atomic E-state index is 11.1. The minimum Gasteiger partial charge on any atom is -0.353 e. The average Bonchev–Trinajstić information content (AvgIpc) is 2.47. The van der Waals surface area contributed by atoms with E-state index in [9.17, 15) is 4.79 Å². The molecule has 70 valence electrons. The average molecular weight is 180 g/mol. The summed E-state index contributed by atoms with van der Waals surface area (Å²) >= 11 is 0. The summed E-state index contributed by atoms with van der Waals surface area (Å²) in [4.78, 5) is 13.9. The van der Waals surface area contributed by atoms with Gasteiger partial charge in [0, 0.05) is 17.4 Å². The van der Waals surface area contributed by atoms with Gasteiger partial charge in [-0.3, -0.25) is 4.79 Å². The van der Waals surface area contributed by atoms with Crippen LogP contribution in [0.15, 0.2) is 5.11 Å². The van der Waals surface area contributed by atoms with Crippen LogP contribution in [0.25, 0.3) is 10.4 Å². The fourth-order valence-electron chi connectivity index (χ4n) is 2.38. The van der Waals surface area contributed by atoms with Gasteiger partial charge in [0.05, 0.1) is 6.04 Å². The lowest BCUT2D eigenvalue weighted by molar-refractivity contribution is -0.119. The number of nitrogens with one attached hydrogen (secondary N) is 1. The lowest BCUT2D eigenvalue weighted by Crippen LogP contribution is -2.41. The van der Waals surface area contributed by atoms with Gasteiger partial charge in [-0.2, -0.15) is 0 Å². The Hall–Kier alpha value is -1.22. The second kappa shape index (κ2) is 3.26. The summed E-state index contributed by atoms with van der Waals surface area (Å²) in [6.07, 6.45) is 3.67. The second-order valence-corrected chi connectivity index (χ2v) is 3.76. The summed E-state index contributed by atoms with van der Waals surface area (Å²) in [5.41, 5.74) is 8.35. The number of hydrogen-bond donors (Lipinski definition) is 1. The molecular weight excluding hydrogens is 168 g/mol. The summed E-state index contributed by atoms with van der Waals surface area (Å²) in [5.74, 6) is 0.506. The van der Waals surface area contributed by atoms with Gasteiger partial charge in [-0.05, 0) is 24.3 Å². The molecule has 5 nitrogen and oxygen atoms in total. The smallest absolute Gasteiger partial charge is 0.220 e. The molecule has 5 heteroatoms. The molecule has 0 aromatic rings. The highest BCUT2D eigenvalue weighted by molar-refractivity contribution is 5.79. The van der Waals surface area contributed by atoms with E-state index in [2.05, 4.69) is 15.3 Å². The first kappa shape index (κ1) is 8.38. The van der Waals surface area contributed by atoms with Crippen LogP contribution >= 0.6 is 0 Å². The topological polar surface area (TPSA) is 77.9 Å². The highest BCUT2D eigenvalue weighted by atomic mass is 16.2. The van der Waals surface area contributed by atoms with Crippen LogP contribution in [-0.4, -0.2) is 18.0 Å². The lowest BCUT2D eigenvalue weighted by atomic mass is 9.82. The van der Waals surface area contributed by atoms with Crippen LogP contribution in [0.1, 0.15) is 25.7 Å². The van der Waals surface area contributed by atoms with Crippen LogP contribution in [0.2, 0.25) is 0 Å². The number of fused-ring (bicyclic) bond motifs is 1. The van der Waals surface area contributed by atoms with Gasteiger partial charge in [0.15, 0.2) is 0 Å². The summed E-state index contributed by atoms with van der Waals surface area (Å²) in [7, 11) is 0. The van der Waals surface area contributed by atoms with Crippen LogP contribution in [-0.2, 0) is 4.79 Å². The van der Waals surface area contributed by atoms with Crippen molar-refractivity contribution in [1.29, 1.82) is 0 Å². The molecule has 1 amide bonds. The number of amides is 1. The Morgan fingerprint density at radius 3 is 3.15 bits per heavy atom. The maximum Gasteiger partial charge on any atom is 0.220 e. The van der Waals surface area contributed by atoms with Crippen LogP contribution in [0.5, 0.6) is 0 Å². The van der Waals surface area contributed by atoms with Crippen molar-refractivity contribution >= 4 is 5.91 Å². The maximum atomic E-state index is 11.1. The Morgan fingerprint density at radius 1 is 1.54 bits per heavy atom. The molecule has 1 aliphatic heterocycles. The Balaban J connectivity index is 2.13. The molecule has 0 unspecified atom stereocenters. The molecule has 0 aromatic heterocycles. The number of azide groups is 1. The first-order valence-corrected chi connectivity index (χ1v) is 4.65. The summed E-state index contributed by atoms with van der Waals surface area (Å²) in [6.45, 7) is 0. The standard InChI is InChI=1S/C8H12N4O/c9-12-11-6-3-1-2-5-4-7(13)10-8(5)6/h5-6,8H,1-4H2,(H,10,13)/t5-,6+,8+/m1/s1. The molecule has 2 rings (SSSR count). The lowest BCUT2D eigenvalue weighted by Gasteiger charge is -2.29. The first-order valence-electron chi connectivity index (χ1n) is 4.65. The van der Waals surface area contributed by atoms with Gasteiger partial charge in [-0.1, -0.05) is 11.5 Å². The van der Waals surface area contributed by atoms with E-state index >= 15 is 0 Å². The first-order chi connectivity index (χ1) is 6.31. The normalized spacial score (nSPS) is 37.5. The molecule has 2 fully saturated rings. The molecule has 1 heterocycles. The van der Waals surface area contributed by atoms with Crippen molar-refractivity contribution in [1.82, 2.24) is 5.32 Å². The minimum absolute atomic E-state index is 0.0183. The fourth-order valence-corrected chi connectivity index (χ4v) is 2.38. The van der Waals surface area contributed by atoms with Crippen molar-refractivity contribution in [2.24, 2.45) is 11.0 Å². The van der Waals surface area contributed by atoms with Crippen molar-refractivity contribution < 1.29 is 4.79 Å². The van der Waals surface area contributed by atoms with Crippen molar-refractivity contribution in [2.45, 2.75) is 37.8 Å². The number of nitrogens with zero attached hydrogens (tertiary/aromatic N) is 3. The van der Waals surface area contributed by atoms with E-state index < -0.39 is 0 Å². The molecule has 0 bridgehead atoms. The quantitative estimate of drug-likeness (QED) is 0.369. The van der Waals surface area contributed by atoms with Gasteiger partial charge in [0.25, 0.3) is 0 Å². The fraction of sp³-hybridized carbons (Fsp3) is 0.875. The van der Waals surface area contributed by atoms with Crippen LogP contribution in [0, 0.1) is 5.92 Å². The highest BCUT2D eigenvalue weighted by Gasteiger charge is 2.39. The molecule has 13 heavy (non-hydrogen) atoms. The summed E-state index contributed by atoms with van der Waals surface area (Å²) in [6, 6.07) is 0.0901. The third-order valence-electron chi connectivity index (χ3n) is 2.97. The number of hydrogen-bond acceptors (Lipinski definition) is 2. The van der Waals surface area contributed by atoms with Crippen LogP contribution < -0.4 is 5.32 Å². The molecule has 2 aliphatic rings. The van der Waals surface area contributed by atoms with E-state index in [1.165, 1.54) is 0 Å². The number of carbonyl (C=O) groups excluding carboxylic acids is 1. The predicted molar refractivity (Wildman–Crippen MR) is 46.8 cm³/mol.